The maximum atomic E-state index is 12.3. The van der Waals surface area contributed by atoms with Crippen LogP contribution < -0.4 is 10.6 Å². The summed E-state index contributed by atoms with van der Waals surface area (Å²) in [4.78, 5) is 16.7. The Hall–Kier alpha value is -1.89. The molecule has 112 valence electrons. The van der Waals surface area contributed by atoms with Crippen LogP contribution in [0.15, 0.2) is 53.5 Å². The molecule has 0 bridgehead atoms. The molecule has 1 aliphatic heterocycles. The molecule has 0 saturated carbocycles. The topological polar surface area (TPSA) is 53.5 Å². The lowest BCUT2D eigenvalue weighted by atomic mass is 10.1. The molecule has 0 spiro atoms. The third-order valence-corrected chi connectivity index (χ3v) is 4.37. The number of nitrogens with zero attached hydrogens (tertiary/aromatic N) is 1. The van der Waals surface area contributed by atoms with Gasteiger partial charge < -0.3 is 10.6 Å². The Kier molecular flexibility index (Phi) is 4.72. The molecule has 2 N–H and O–H groups in total. The minimum atomic E-state index is -0.0918. The predicted octanol–water partition coefficient (Wildman–Crippen LogP) is 3.28. The fourth-order valence-corrected chi connectivity index (χ4v) is 2.91. The summed E-state index contributed by atoms with van der Waals surface area (Å²) < 4.78 is 0.940. The Morgan fingerprint density at radius 2 is 1.91 bits per heavy atom. The normalized spacial score (nSPS) is 14.0. The van der Waals surface area contributed by atoms with Crippen LogP contribution in [0.4, 0.5) is 5.69 Å². The molecule has 5 heteroatoms. The van der Waals surface area contributed by atoms with Crippen molar-refractivity contribution in [2.45, 2.75) is 6.42 Å². The molecule has 1 aliphatic rings. The van der Waals surface area contributed by atoms with E-state index in [4.69, 9.17) is 0 Å². The molecular formula is C17H16IN3O. The highest BCUT2D eigenvalue weighted by Crippen LogP contribution is 2.16. The van der Waals surface area contributed by atoms with Crippen molar-refractivity contribution in [2.24, 2.45) is 4.99 Å². The summed E-state index contributed by atoms with van der Waals surface area (Å²) in [6.07, 6.45) is 1.08. The van der Waals surface area contributed by atoms with Crippen LogP contribution >= 0.6 is 22.6 Å². The summed E-state index contributed by atoms with van der Waals surface area (Å²) in [5, 5.41) is 6.22. The molecule has 0 fully saturated rings. The van der Waals surface area contributed by atoms with Crippen molar-refractivity contribution >= 4 is 40.0 Å². The Balaban J connectivity index is 1.72. The van der Waals surface area contributed by atoms with Crippen LogP contribution in [0.2, 0.25) is 0 Å². The van der Waals surface area contributed by atoms with Crippen molar-refractivity contribution in [3.63, 3.8) is 0 Å². The summed E-state index contributed by atoms with van der Waals surface area (Å²) in [7, 11) is 0. The first kappa shape index (κ1) is 15.0. The van der Waals surface area contributed by atoms with E-state index in [-0.39, 0.29) is 5.91 Å². The molecule has 1 amide bonds. The van der Waals surface area contributed by atoms with Crippen LogP contribution in [-0.4, -0.2) is 24.8 Å². The number of carbonyl (C=O) groups excluding carboxylic acids is 1. The number of rotatable bonds is 3. The number of hydrogen-bond donors (Lipinski definition) is 2. The van der Waals surface area contributed by atoms with Crippen LogP contribution in [-0.2, 0) is 0 Å². The second kappa shape index (κ2) is 6.91. The van der Waals surface area contributed by atoms with E-state index in [1.54, 1.807) is 0 Å². The van der Waals surface area contributed by atoms with E-state index in [1.807, 2.05) is 48.5 Å². The number of aliphatic imine (C=N–C) groups is 1. The third-order valence-electron chi connectivity index (χ3n) is 3.43. The lowest BCUT2D eigenvalue weighted by molar-refractivity contribution is 0.102. The maximum absolute atomic E-state index is 12.3. The van der Waals surface area contributed by atoms with Gasteiger partial charge in [0.05, 0.1) is 5.56 Å². The van der Waals surface area contributed by atoms with Gasteiger partial charge in [-0.3, -0.25) is 9.79 Å². The van der Waals surface area contributed by atoms with Crippen LogP contribution in [0.25, 0.3) is 0 Å². The minimum Gasteiger partial charge on any atom is -0.370 e. The first-order valence-corrected chi connectivity index (χ1v) is 8.26. The fourth-order valence-electron chi connectivity index (χ4n) is 2.28. The van der Waals surface area contributed by atoms with E-state index in [2.05, 4.69) is 38.2 Å². The molecule has 4 nitrogen and oxygen atoms in total. The van der Waals surface area contributed by atoms with E-state index >= 15 is 0 Å². The van der Waals surface area contributed by atoms with Crippen molar-refractivity contribution < 1.29 is 4.79 Å². The highest BCUT2D eigenvalue weighted by Gasteiger charge is 2.10. The maximum Gasteiger partial charge on any atom is 0.256 e. The van der Waals surface area contributed by atoms with Crippen molar-refractivity contribution in [1.29, 1.82) is 0 Å². The number of amides is 1. The van der Waals surface area contributed by atoms with Crippen molar-refractivity contribution in [2.75, 3.05) is 18.4 Å². The summed E-state index contributed by atoms with van der Waals surface area (Å²) in [6.45, 7) is 1.83. The number of carbonyl (C=O) groups is 1. The Morgan fingerprint density at radius 1 is 1.14 bits per heavy atom. The molecular weight excluding hydrogens is 389 g/mol. The zero-order chi connectivity index (χ0) is 15.4. The number of halogens is 1. The summed E-state index contributed by atoms with van der Waals surface area (Å²) in [6, 6.07) is 15.3. The zero-order valence-electron chi connectivity index (χ0n) is 12.0. The highest BCUT2D eigenvalue weighted by molar-refractivity contribution is 14.1. The molecule has 2 aromatic carbocycles. The molecule has 0 unspecified atom stereocenters. The summed E-state index contributed by atoms with van der Waals surface area (Å²) >= 11 is 2.17. The first-order valence-electron chi connectivity index (χ1n) is 7.19. The van der Waals surface area contributed by atoms with E-state index in [0.717, 1.165) is 40.2 Å². The first-order chi connectivity index (χ1) is 10.7. The molecule has 2 aromatic rings. The molecule has 0 aliphatic carbocycles. The Labute approximate surface area is 143 Å². The molecule has 22 heavy (non-hydrogen) atoms. The summed E-state index contributed by atoms with van der Waals surface area (Å²) in [5.74, 6) is 0.840. The minimum absolute atomic E-state index is 0.0918. The van der Waals surface area contributed by atoms with E-state index in [0.29, 0.717) is 5.56 Å². The van der Waals surface area contributed by atoms with Gasteiger partial charge in [0.2, 0.25) is 0 Å². The number of nitrogens with one attached hydrogen (secondary N) is 2. The van der Waals surface area contributed by atoms with Gasteiger partial charge in [0, 0.05) is 27.9 Å². The average molecular weight is 405 g/mol. The van der Waals surface area contributed by atoms with Crippen LogP contribution in [0, 0.1) is 3.57 Å². The Morgan fingerprint density at radius 3 is 2.59 bits per heavy atom. The second-order valence-corrected chi connectivity index (χ2v) is 6.18. The largest absolute Gasteiger partial charge is 0.370 e. The monoisotopic (exact) mass is 405 g/mol. The SMILES string of the molecule is O=C(Nc1ccc(C2=NCCCN2)cc1)c1ccccc1I. The van der Waals surface area contributed by atoms with Crippen LogP contribution in [0.1, 0.15) is 22.3 Å². The molecule has 3 rings (SSSR count). The zero-order valence-corrected chi connectivity index (χ0v) is 14.1. The van der Waals surface area contributed by atoms with Crippen molar-refractivity contribution in [1.82, 2.24) is 5.32 Å². The average Bonchev–Trinajstić information content (AvgIpc) is 2.57. The molecule has 0 atom stereocenters. The number of anilines is 1. The molecule has 1 heterocycles. The van der Waals surface area contributed by atoms with Gasteiger partial charge in [0.15, 0.2) is 0 Å². The third kappa shape index (κ3) is 3.47. The molecule has 0 radical (unpaired) electrons. The lowest BCUT2D eigenvalue weighted by Crippen LogP contribution is -2.30. The number of benzene rings is 2. The van der Waals surface area contributed by atoms with Gasteiger partial charge in [-0.2, -0.15) is 0 Å². The standard InChI is InChI=1S/C17H16IN3O/c18-15-5-2-1-4-14(15)17(22)21-13-8-6-12(7-9-13)16-19-10-3-11-20-16/h1-2,4-9H,3,10-11H2,(H,19,20)(H,21,22). The predicted molar refractivity (Wildman–Crippen MR) is 97.6 cm³/mol. The number of hydrogen-bond acceptors (Lipinski definition) is 3. The van der Waals surface area contributed by atoms with Gasteiger partial charge in [0.25, 0.3) is 5.91 Å². The van der Waals surface area contributed by atoms with Gasteiger partial charge in [-0.1, -0.05) is 12.1 Å². The lowest BCUT2D eigenvalue weighted by Gasteiger charge is -2.15. The fraction of sp³-hybridized carbons (Fsp3) is 0.176. The van der Waals surface area contributed by atoms with Crippen molar-refractivity contribution in [3.05, 3.63) is 63.2 Å². The second-order valence-electron chi connectivity index (χ2n) is 5.02. The smallest absolute Gasteiger partial charge is 0.256 e. The van der Waals surface area contributed by atoms with E-state index in [1.165, 1.54) is 0 Å². The molecule has 0 saturated heterocycles. The van der Waals surface area contributed by atoms with Gasteiger partial charge in [-0.15, -0.1) is 0 Å². The summed E-state index contributed by atoms with van der Waals surface area (Å²) in [5.41, 5.74) is 2.52. The van der Waals surface area contributed by atoms with E-state index < -0.39 is 0 Å². The van der Waals surface area contributed by atoms with Crippen LogP contribution in [0.3, 0.4) is 0 Å². The van der Waals surface area contributed by atoms with Crippen LogP contribution in [0.5, 0.6) is 0 Å². The van der Waals surface area contributed by atoms with E-state index in [9.17, 15) is 4.79 Å². The Bertz CT molecular complexity index is 710. The quantitative estimate of drug-likeness (QED) is 0.771. The van der Waals surface area contributed by atoms with Gasteiger partial charge in [-0.05, 0) is 65.4 Å². The molecule has 0 aromatic heterocycles. The van der Waals surface area contributed by atoms with Gasteiger partial charge >= 0.3 is 0 Å². The highest BCUT2D eigenvalue weighted by atomic mass is 127. The number of amidine groups is 1. The van der Waals surface area contributed by atoms with Gasteiger partial charge in [-0.25, -0.2) is 0 Å². The van der Waals surface area contributed by atoms with Gasteiger partial charge in [0.1, 0.15) is 5.84 Å². The van der Waals surface area contributed by atoms with Crippen molar-refractivity contribution in [3.8, 4) is 0 Å².